The number of fused-ring (bicyclic) bond motifs is 6. The van der Waals surface area contributed by atoms with Crippen LogP contribution in [0.1, 0.15) is 5.56 Å². The lowest BCUT2D eigenvalue weighted by molar-refractivity contribution is -0.137. The summed E-state index contributed by atoms with van der Waals surface area (Å²) < 4.78 is 52.9. The van der Waals surface area contributed by atoms with Crippen LogP contribution < -0.4 is 0 Å². The molecule has 0 radical (unpaired) electrons. The summed E-state index contributed by atoms with van der Waals surface area (Å²) in [5.41, 5.74) is 3.79. The second-order valence-corrected chi connectivity index (χ2v) is 13.3. The molecule has 0 fully saturated rings. The van der Waals surface area contributed by atoms with Crippen molar-refractivity contribution in [3.05, 3.63) is 175 Å². The Balaban J connectivity index is 1.39. The molecule has 10 rings (SSSR count). The van der Waals surface area contributed by atoms with Gasteiger partial charge in [-0.25, -0.2) is 24.8 Å². The number of hydrogen-bond donors (Lipinski definition) is 0. The number of hydrogen-bond acceptors (Lipinski definition) is 4. The van der Waals surface area contributed by atoms with Crippen molar-refractivity contribution in [2.24, 2.45) is 0 Å². The molecule has 0 spiro atoms. The van der Waals surface area contributed by atoms with Crippen molar-refractivity contribution in [2.75, 3.05) is 0 Å². The number of para-hydroxylation sites is 2. The molecular formula is C46H26F3N7. The molecule has 7 nitrogen and oxygen atoms in total. The number of nitrogens with zero attached hydrogens (tertiary/aromatic N) is 7. The summed E-state index contributed by atoms with van der Waals surface area (Å²) in [6.45, 7) is 7.74. The Kier molecular flexibility index (Phi) is 7.50. The van der Waals surface area contributed by atoms with E-state index < -0.39 is 11.7 Å². The molecule has 0 bridgehead atoms. The minimum absolute atomic E-state index is 0.0524. The minimum atomic E-state index is -4.87. The number of alkyl halides is 3. The van der Waals surface area contributed by atoms with Gasteiger partial charge < -0.3 is 9.13 Å². The molecule has 4 aromatic heterocycles. The lowest BCUT2D eigenvalue weighted by atomic mass is 9.96. The molecule has 0 saturated heterocycles. The van der Waals surface area contributed by atoms with Crippen LogP contribution in [-0.2, 0) is 6.18 Å². The molecule has 0 aliphatic heterocycles. The summed E-state index contributed by atoms with van der Waals surface area (Å²) in [7, 11) is 0. The average Bonchev–Trinajstić information content (AvgIpc) is 3.75. The highest BCUT2D eigenvalue weighted by atomic mass is 19.4. The van der Waals surface area contributed by atoms with E-state index in [1.807, 2.05) is 84.9 Å². The Labute approximate surface area is 317 Å². The van der Waals surface area contributed by atoms with Gasteiger partial charge in [0, 0.05) is 63.0 Å². The second kappa shape index (κ2) is 12.7. The zero-order valence-corrected chi connectivity index (χ0v) is 29.3. The summed E-state index contributed by atoms with van der Waals surface area (Å²) in [4.78, 5) is 21.4. The lowest BCUT2D eigenvalue weighted by Crippen LogP contribution is -2.17. The Morgan fingerprint density at radius 2 is 1.02 bits per heavy atom. The SMILES string of the molecule is [C-]#[N+]c1cccc(-c2ccc(-n3c4ccccc4c4ccc(-c5ncccn5)cc43)c(C(F)(F)F)c2-n2c3ccccc3c3ccc(-c4ncccn4)cc32)c1. The van der Waals surface area contributed by atoms with Gasteiger partial charge in [-0.1, -0.05) is 84.9 Å². The number of benzene rings is 6. The molecule has 266 valence electrons. The van der Waals surface area contributed by atoms with E-state index in [1.165, 1.54) is 0 Å². The molecule has 0 N–H and O–H groups in total. The van der Waals surface area contributed by atoms with Gasteiger partial charge in [0.05, 0.1) is 40.0 Å². The fraction of sp³-hybridized carbons (Fsp3) is 0.0217. The van der Waals surface area contributed by atoms with E-state index in [0.29, 0.717) is 61.7 Å². The van der Waals surface area contributed by atoms with Gasteiger partial charge in [-0.15, -0.1) is 0 Å². The first-order valence-electron chi connectivity index (χ1n) is 17.7. The molecule has 0 unspecified atom stereocenters. The fourth-order valence-electron chi connectivity index (χ4n) is 7.87. The first-order chi connectivity index (χ1) is 27.4. The predicted octanol–water partition coefficient (Wildman–Crippen LogP) is 12.0. The van der Waals surface area contributed by atoms with Crippen molar-refractivity contribution in [1.82, 2.24) is 29.1 Å². The maximum absolute atomic E-state index is 16.5. The highest BCUT2D eigenvalue weighted by Gasteiger charge is 2.40. The lowest BCUT2D eigenvalue weighted by Gasteiger charge is -2.24. The van der Waals surface area contributed by atoms with Crippen LogP contribution in [0.5, 0.6) is 0 Å². The monoisotopic (exact) mass is 733 g/mol. The number of aromatic nitrogens is 6. The van der Waals surface area contributed by atoms with Gasteiger partial charge >= 0.3 is 6.18 Å². The van der Waals surface area contributed by atoms with Crippen molar-refractivity contribution >= 4 is 49.3 Å². The number of rotatable bonds is 5. The van der Waals surface area contributed by atoms with Crippen LogP contribution in [-0.4, -0.2) is 29.1 Å². The van der Waals surface area contributed by atoms with Crippen LogP contribution in [0.4, 0.5) is 18.9 Å². The average molecular weight is 734 g/mol. The molecule has 0 saturated carbocycles. The van der Waals surface area contributed by atoms with Crippen LogP contribution in [0.3, 0.4) is 0 Å². The van der Waals surface area contributed by atoms with Gasteiger partial charge in [0.15, 0.2) is 17.3 Å². The van der Waals surface area contributed by atoms with Gasteiger partial charge in [0.1, 0.15) is 5.56 Å². The fourth-order valence-corrected chi connectivity index (χ4v) is 7.87. The van der Waals surface area contributed by atoms with Crippen molar-refractivity contribution < 1.29 is 13.2 Å². The van der Waals surface area contributed by atoms with E-state index in [2.05, 4.69) is 24.8 Å². The number of halogens is 3. The third kappa shape index (κ3) is 5.21. The first kappa shape index (κ1) is 33.0. The van der Waals surface area contributed by atoms with Gasteiger partial charge in [-0.2, -0.15) is 13.2 Å². The molecule has 10 heteroatoms. The van der Waals surface area contributed by atoms with Crippen molar-refractivity contribution in [3.8, 4) is 45.3 Å². The summed E-state index contributed by atoms with van der Waals surface area (Å²) in [6.07, 6.45) is 1.68. The Morgan fingerprint density at radius 3 is 1.59 bits per heavy atom. The molecule has 0 aliphatic rings. The second-order valence-electron chi connectivity index (χ2n) is 13.3. The normalized spacial score (nSPS) is 11.8. The van der Waals surface area contributed by atoms with E-state index in [-0.39, 0.29) is 11.4 Å². The molecule has 0 amide bonds. The Hall–Kier alpha value is -7.64. The van der Waals surface area contributed by atoms with E-state index in [1.54, 1.807) is 82.5 Å². The third-order valence-electron chi connectivity index (χ3n) is 10.2. The van der Waals surface area contributed by atoms with Crippen LogP contribution >= 0.6 is 0 Å². The van der Waals surface area contributed by atoms with Gasteiger partial charge in [0.2, 0.25) is 0 Å². The first-order valence-corrected chi connectivity index (χ1v) is 17.7. The zero-order valence-electron chi connectivity index (χ0n) is 29.3. The zero-order chi connectivity index (χ0) is 38.0. The molecule has 0 atom stereocenters. The maximum atomic E-state index is 16.5. The van der Waals surface area contributed by atoms with E-state index in [0.717, 1.165) is 21.5 Å². The smallest absolute Gasteiger partial charge is 0.309 e. The van der Waals surface area contributed by atoms with Crippen molar-refractivity contribution in [1.29, 1.82) is 0 Å². The Morgan fingerprint density at radius 1 is 0.482 bits per heavy atom. The summed E-state index contributed by atoms with van der Waals surface area (Å²) in [6, 6.07) is 39.7. The predicted molar refractivity (Wildman–Crippen MR) is 214 cm³/mol. The van der Waals surface area contributed by atoms with Gasteiger partial charge in [0.25, 0.3) is 0 Å². The Bertz CT molecular complexity index is 3200. The van der Waals surface area contributed by atoms with Gasteiger partial charge in [-0.05, 0) is 54.1 Å². The molecule has 0 aliphatic carbocycles. The summed E-state index contributed by atoms with van der Waals surface area (Å²) in [5.74, 6) is 0.908. The van der Waals surface area contributed by atoms with Crippen LogP contribution in [0.15, 0.2) is 158 Å². The maximum Gasteiger partial charge on any atom is 0.420 e. The van der Waals surface area contributed by atoms with E-state index in [9.17, 15) is 0 Å². The van der Waals surface area contributed by atoms with Crippen molar-refractivity contribution in [2.45, 2.75) is 6.18 Å². The van der Waals surface area contributed by atoms with Crippen LogP contribution in [0.25, 0.3) is 93.7 Å². The highest BCUT2D eigenvalue weighted by molar-refractivity contribution is 6.12. The molecule has 4 heterocycles. The largest absolute Gasteiger partial charge is 0.420 e. The topological polar surface area (TPSA) is 65.8 Å². The summed E-state index contributed by atoms with van der Waals surface area (Å²) >= 11 is 0. The third-order valence-corrected chi connectivity index (χ3v) is 10.2. The van der Waals surface area contributed by atoms with E-state index in [4.69, 9.17) is 6.57 Å². The quantitative estimate of drug-likeness (QED) is 0.165. The minimum Gasteiger partial charge on any atom is -0.309 e. The molecule has 56 heavy (non-hydrogen) atoms. The van der Waals surface area contributed by atoms with Crippen LogP contribution in [0, 0.1) is 6.57 Å². The highest BCUT2D eigenvalue weighted by Crippen LogP contribution is 2.48. The molecule has 6 aromatic carbocycles. The van der Waals surface area contributed by atoms with Crippen LogP contribution in [0.2, 0.25) is 0 Å². The summed E-state index contributed by atoms with van der Waals surface area (Å²) in [5, 5.41) is 3.14. The standard InChI is InChI=1S/C46H26F3N7/c1-50-31-10-6-9-28(25-31)32-19-20-39(55-37-13-4-2-11-33(37)35-17-15-29(26-40(35)55)44-51-21-7-22-52-44)42(46(47,48)49)43(32)56-38-14-5-3-12-34(38)36-18-16-30(27-41(36)56)45-53-23-8-24-54-45/h2-27H. The van der Waals surface area contributed by atoms with Gasteiger partial charge in [-0.3, -0.25) is 0 Å². The molecule has 10 aromatic rings. The molecular weight excluding hydrogens is 708 g/mol. The van der Waals surface area contributed by atoms with Crippen molar-refractivity contribution in [3.63, 3.8) is 0 Å². The van der Waals surface area contributed by atoms with E-state index >= 15 is 13.2 Å².